The van der Waals surface area contributed by atoms with E-state index in [0.717, 1.165) is 24.4 Å². The third-order valence-corrected chi connectivity index (χ3v) is 4.65. The van der Waals surface area contributed by atoms with Crippen LogP contribution in [0.1, 0.15) is 27.9 Å². The third-order valence-electron chi connectivity index (χ3n) is 3.66. The van der Waals surface area contributed by atoms with Crippen molar-refractivity contribution in [1.82, 2.24) is 4.90 Å². The number of nitrogens with zero attached hydrogens (tertiary/aromatic N) is 1. The number of aryl methyl sites for hydroxylation is 1. The quantitative estimate of drug-likeness (QED) is 0.766. The summed E-state index contributed by atoms with van der Waals surface area (Å²) in [5.74, 6) is 0.726. The van der Waals surface area contributed by atoms with Crippen LogP contribution in [0.5, 0.6) is 0 Å². The molecule has 0 aromatic carbocycles. The zero-order chi connectivity index (χ0) is 12.0. The number of rotatable bonds is 1. The third kappa shape index (κ3) is 2.00. The van der Waals surface area contributed by atoms with Crippen LogP contribution in [0.3, 0.4) is 0 Å². The fourth-order valence-electron chi connectivity index (χ4n) is 2.87. The van der Waals surface area contributed by atoms with Crippen molar-refractivity contribution in [2.24, 2.45) is 5.92 Å². The highest BCUT2D eigenvalue weighted by Gasteiger charge is 2.42. The number of ether oxygens (including phenoxy) is 1. The lowest BCUT2D eigenvalue weighted by Gasteiger charge is -2.17. The number of thiophene rings is 1. The van der Waals surface area contributed by atoms with Crippen LogP contribution in [0.2, 0.25) is 0 Å². The minimum Gasteiger partial charge on any atom is -0.373 e. The van der Waals surface area contributed by atoms with Crippen LogP contribution in [0.15, 0.2) is 12.1 Å². The number of fused-ring (bicyclic) bond motifs is 1. The predicted octanol–water partition coefficient (Wildman–Crippen LogP) is 2.31. The molecule has 1 aromatic rings. The normalized spacial score (nSPS) is 31.9. The molecule has 3 nitrogen and oxygen atoms in total. The smallest absolute Gasteiger partial charge is 0.264 e. The molecule has 0 unspecified atom stereocenters. The summed E-state index contributed by atoms with van der Waals surface area (Å²) in [6.07, 6.45) is 1.74. The van der Waals surface area contributed by atoms with Crippen LogP contribution in [-0.4, -0.2) is 36.1 Å². The van der Waals surface area contributed by atoms with E-state index in [0.29, 0.717) is 12.0 Å². The lowest BCUT2D eigenvalue weighted by atomic mass is 10.0. The van der Waals surface area contributed by atoms with Gasteiger partial charge in [0.15, 0.2) is 0 Å². The van der Waals surface area contributed by atoms with Crippen LogP contribution in [0.25, 0.3) is 0 Å². The maximum absolute atomic E-state index is 12.3. The summed E-state index contributed by atoms with van der Waals surface area (Å²) < 4.78 is 5.82. The molecule has 4 heteroatoms. The highest BCUT2D eigenvalue weighted by atomic mass is 32.1. The number of carbonyl (C=O) groups excluding carboxylic acids is 1. The van der Waals surface area contributed by atoms with Crippen molar-refractivity contribution in [2.75, 3.05) is 13.1 Å². The van der Waals surface area contributed by atoms with Crippen molar-refractivity contribution < 1.29 is 9.53 Å². The summed E-state index contributed by atoms with van der Waals surface area (Å²) in [5.41, 5.74) is 0. The molecule has 2 aliphatic rings. The average molecular weight is 251 g/mol. The fourth-order valence-corrected chi connectivity index (χ4v) is 3.71. The van der Waals surface area contributed by atoms with Crippen LogP contribution in [-0.2, 0) is 4.74 Å². The topological polar surface area (TPSA) is 29.5 Å². The van der Waals surface area contributed by atoms with Gasteiger partial charge in [-0.2, -0.15) is 0 Å². The van der Waals surface area contributed by atoms with Gasteiger partial charge in [0.1, 0.15) is 0 Å². The van der Waals surface area contributed by atoms with Crippen molar-refractivity contribution in [3.05, 3.63) is 21.9 Å². The van der Waals surface area contributed by atoms with E-state index >= 15 is 0 Å². The van der Waals surface area contributed by atoms with E-state index in [-0.39, 0.29) is 12.0 Å². The Hall–Kier alpha value is -0.870. The summed E-state index contributed by atoms with van der Waals surface area (Å²) >= 11 is 1.58. The molecule has 2 fully saturated rings. The Labute approximate surface area is 105 Å². The van der Waals surface area contributed by atoms with E-state index in [9.17, 15) is 4.79 Å². The second-order valence-electron chi connectivity index (χ2n) is 5.10. The summed E-state index contributed by atoms with van der Waals surface area (Å²) in [7, 11) is 0. The molecule has 17 heavy (non-hydrogen) atoms. The molecule has 92 valence electrons. The first-order valence-corrected chi connectivity index (χ1v) is 6.96. The van der Waals surface area contributed by atoms with Gasteiger partial charge in [0.25, 0.3) is 5.91 Å². The maximum atomic E-state index is 12.3. The highest BCUT2D eigenvalue weighted by Crippen LogP contribution is 2.33. The monoisotopic (exact) mass is 251 g/mol. The molecule has 0 saturated carbocycles. The summed E-state index contributed by atoms with van der Waals surface area (Å²) in [4.78, 5) is 16.3. The van der Waals surface area contributed by atoms with E-state index in [4.69, 9.17) is 4.74 Å². The fraction of sp³-hybridized carbons (Fsp3) is 0.615. The standard InChI is InChI=1S/C13H17NO2S/c1-8-5-10-6-14(7-11(10)16-8)13(15)12-4-3-9(2)17-12/h3-4,8,10-11H,5-7H2,1-2H3/t8-,10+,11-/m0/s1. The van der Waals surface area contributed by atoms with E-state index in [2.05, 4.69) is 6.92 Å². The second kappa shape index (κ2) is 4.10. The minimum absolute atomic E-state index is 0.175. The molecule has 1 amide bonds. The van der Waals surface area contributed by atoms with E-state index in [1.165, 1.54) is 4.88 Å². The molecule has 2 saturated heterocycles. The summed E-state index contributed by atoms with van der Waals surface area (Å²) in [6, 6.07) is 3.94. The Bertz CT molecular complexity index is 428. The Kier molecular flexibility index (Phi) is 2.71. The Morgan fingerprint density at radius 3 is 2.94 bits per heavy atom. The van der Waals surface area contributed by atoms with Gasteiger partial charge in [-0.25, -0.2) is 0 Å². The van der Waals surface area contributed by atoms with Gasteiger partial charge in [-0.05, 0) is 32.4 Å². The molecule has 3 atom stereocenters. The van der Waals surface area contributed by atoms with Crippen molar-refractivity contribution >= 4 is 17.2 Å². The van der Waals surface area contributed by atoms with E-state index < -0.39 is 0 Å². The van der Waals surface area contributed by atoms with Gasteiger partial charge in [-0.15, -0.1) is 11.3 Å². The van der Waals surface area contributed by atoms with Crippen molar-refractivity contribution in [2.45, 2.75) is 32.5 Å². The molecule has 2 aliphatic heterocycles. The number of likely N-dealkylation sites (tertiary alicyclic amines) is 1. The van der Waals surface area contributed by atoms with Crippen molar-refractivity contribution in [1.29, 1.82) is 0 Å². The Morgan fingerprint density at radius 2 is 2.29 bits per heavy atom. The number of amides is 1. The minimum atomic E-state index is 0.175. The number of hydrogen-bond donors (Lipinski definition) is 0. The maximum Gasteiger partial charge on any atom is 0.264 e. The zero-order valence-electron chi connectivity index (χ0n) is 10.2. The molecule has 0 spiro atoms. The average Bonchev–Trinajstić information content (AvgIpc) is 2.90. The zero-order valence-corrected chi connectivity index (χ0v) is 11.0. The largest absolute Gasteiger partial charge is 0.373 e. The SMILES string of the molecule is Cc1ccc(C(=O)N2C[C@H]3C[C@H](C)O[C@H]3C2)s1. The first kappa shape index (κ1) is 11.2. The second-order valence-corrected chi connectivity index (χ2v) is 6.39. The molecule has 3 rings (SSSR count). The van der Waals surface area contributed by atoms with Crippen LogP contribution in [0, 0.1) is 12.8 Å². The Balaban J connectivity index is 1.70. The van der Waals surface area contributed by atoms with Crippen molar-refractivity contribution in [3.63, 3.8) is 0 Å². The molecule has 0 bridgehead atoms. The Morgan fingerprint density at radius 1 is 1.47 bits per heavy atom. The van der Waals surface area contributed by atoms with Gasteiger partial charge in [-0.3, -0.25) is 4.79 Å². The lowest BCUT2D eigenvalue weighted by molar-refractivity contribution is 0.0444. The predicted molar refractivity (Wildman–Crippen MR) is 67.4 cm³/mol. The first-order chi connectivity index (χ1) is 8.13. The molecular weight excluding hydrogens is 234 g/mol. The molecule has 1 aromatic heterocycles. The number of carbonyl (C=O) groups is 1. The van der Waals surface area contributed by atoms with E-state index in [1.807, 2.05) is 24.0 Å². The summed E-state index contributed by atoms with van der Waals surface area (Å²) in [6.45, 7) is 5.79. The van der Waals surface area contributed by atoms with Crippen LogP contribution >= 0.6 is 11.3 Å². The molecule has 0 N–H and O–H groups in total. The molecule has 0 aliphatic carbocycles. The van der Waals surface area contributed by atoms with Gasteiger partial charge >= 0.3 is 0 Å². The summed E-state index contributed by atoms with van der Waals surface area (Å²) in [5, 5.41) is 0. The molecule has 0 radical (unpaired) electrons. The van der Waals surface area contributed by atoms with Crippen LogP contribution in [0.4, 0.5) is 0 Å². The van der Waals surface area contributed by atoms with Crippen molar-refractivity contribution in [3.8, 4) is 0 Å². The first-order valence-electron chi connectivity index (χ1n) is 6.14. The van der Waals surface area contributed by atoms with Gasteiger partial charge in [0, 0.05) is 23.9 Å². The van der Waals surface area contributed by atoms with Crippen LogP contribution < -0.4 is 0 Å². The molecule has 3 heterocycles. The highest BCUT2D eigenvalue weighted by molar-refractivity contribution is 7.13. The van der Waals surface area contributed by atoms with Gasteiger partial charge in [-0.1, -0.05) is 0 Å². The van der Waals surface area contributed by atoms with E-state index in [1.54, 1.807) is 11.3 Å². The van der Waals surface area contributed by atoms with Gasteiger partial charge in [0.05, 0.1) is 17.1 Å². The molecular formula is C13H17NO2S. The lowest BCUT2D eigenvalue weighted by Crippen LogP contribution is -2.30. The number of hydrogen-bond acceptors (Lipinski definition) is 3. The van der Waals surface area contributed by atoms with Gasteiger partial charge in [0.2, 0.25) is 0 Å². The van der Waals surface area contributed by atoms with Gasteiger partial charge < -0.3 is 9.64 Å².